The molecule has 0 saturated carbocycles. The number of nitrogen functional groups attached to an aromatic ring is 1. The molecule has 0 saturated heterocycles. The van der Waals surface area contributed by atoms with Crippen molar-refractivity contribution in [2.75, 3.05) is 28.3 Å². The molecule has 0 fully saturated rings. The van der Waals surface area contributed by atoms with Gasteiger partial charge in [0, 0.05) is 29.9 Å². The average Bonchev–Trinajstić information content (AvgIpc) is 3.21. The van der Waals surface area contributed by atoms with Crippen LogP contribution in [0.4, 0.5) is 27.7 Å². The first-order valence-electron chi connectivity index (χ1n) is 9.80. The summed E-state index contributed by atoms with van der Waals surface area (Å²) in [6.45, 7) is 0.0423. The molecule has 0 spiro atoms. The molecule has 0 atom stereocenters. The Morgan fingerprint density at radius 3 is 2.44 bits per heavy atom. The highest BCUT2D eigenvalue weighted by Gasteiger charge is 2.15. The fourth-order valence-electron chi connectivity index (χ4n) is 3.22. The average molecular weight is 431 g/mol. The Bertz CT molecular complexity index is 1270. The fraction of sp³-hybridized carbons (Fsp3) is 0.0909. The number of fused-ring (bicyclic) bond motifs is 1. The molecule has 10 nitrogen and oxygen atoms in total. The molecule has 2 aromatic heterocycles. The number of aliphatic hydroxyl groups excluding tert-OH is 1. The van der Waals surface area contributed by atoms with Gasteiger partial charge < -0.3 is 26.8 Å². The van der Waals surface area contributed by atoms with Crippen LogP contribution in [-0.4, -0.2) is 38.2 Å². The molecule has 10 heteroatoms. The van der Waals surface area contributed by atoms with Gasteiger partial charge >= 0.3 is 6.03 Å². The summed E-state index contributed by atoms with van der Waals surface area (Å²) in [6, 6.07) is 15.2. The van der Waals surface area contributed by atoms with E-state index in [9.17, 15) is 9.59 Å². The topological polar surface area (TPSA) is 147 Å². The van der Waals surface area contributed by atoms with Gasteiger partial charge in [-0.05, 0) is 54.4 Å². The Balaban J connectivity index is 1.38. The number of nitrogens with one attached hydrogen (secondary N) is 3. The lowest BCUT2D eigenvalue weighted by molar-refractivity contribution is 0.102. The summed E-state index contributed by atoms with van der Waals surface area (Å²) in [5.41, 5.74) is 9.31. The third-order valence-electron chi connectivity index (χ3n) is 4.71. The van der Waals surface area contributed by atoms with E-state index in [0.717, 1.165) is 5.56 Å². The lowest BCUT2D eigenvalue weighted by Crippen LogP contribution is -2.19. The van der Waals surface area contributed by atoms with Crippen LogP contribution in [-0.2, 0) is 6.42 Å². The summed E-state index contributed by atoms with van der Waals surface area (Å²) in [5.74, 6) is -0.141. The number of anilines is 4. The molecule has 2 aromatic carbocycles. The van der Waals surface area contributed by atoms with E-state index in [1.807, 2.05) is 12.1 Å². The van der Waals surface area contributed by atoms with Crippen LogP contribution in [0.15, 0.2) is 67.1 Å². The van der Waals surface area contributed by atoms with Crippen molar-refractivity contribution in [2.45, 2.75) is 6.42 Å². The number of carbonyl (C=O) groups excluding carboxylic acids is 2. The van der Waals surface area contributed by atoms with Crippen LogP contribution in [0, 0.1) is 0 Å². The first-order chi connectivity index (χ1) is 15.5. The van der Waals surface area contributed by atoms with E-state index >= 15 is 0 Å². The quantitative estimate of drug-likeness (QED) is 0.317. The number of hydrogen-bond acceptors (Lipinski definition) is 6. The van der Waals surface area contributed by atoms with Crippen LogP contribution < -0.4 is 21.7 Å². The predicted molar refractivity (Wildman–Crippen MR) is 122 cm³/mol. The summed E-state index contributed by atoms with van der Waals surface area (Å²) in [6.07, 6.45) is 3.47. The van der Waals surface area contributed by atoms with Crippen molar-refractivity contribution in [3.05, 3.63) is 78.2 Å². The maximum absolute atomic E-state index is 12.7. The van der Waals surface area contributed by atoms with Crippen molar-refractivity contribution < 1.29 is 14.7 Å². The molecule has 0 radical (unpaired) electrons. The summed E-state index contributed by atoms with van der Waals surface area (Å²) in [4.78, 5) is 28.8. The highest BCUT2D eigenvalue weighted by Crippen LogP contribution is 2.20. The van der Waals surface area contributed by atoms with Gasteiger partial charge in [0.1, 0.15) is 11.8 Å². The third-order valence-corrected chi connectivity index (χ3v) is 4.71. The molecule has 6 N–H and O–H groups in total. The van der Waals surface area contributed by atoms with Crippen molar-refractivity contribution >= 4 is 40.3 Å². The molecule has 4 aromatic rings. The van der Waals surface area contributed by atoms with Crippen LogP contribution in [0.25, 0.3) is 5.52 Å². The summed E-state index contributed by atoms with van der Waals surface area (Å²) in [7, 11) is 0. The number of aliphatic hydroxyl groups is 1. The van der Waals surface area contributed by atoms with Crippen molar-refractivity contribution in [3.8, 4) is 0 Å². The van der Waals surface area contributed by atoms with E-state index in [2.05, 4.69) is 26.0 Å². The maximum Gasteiger partial charge on any atom is 0.323 e. The van der Waals surface area contributed by atoms with Gasteiger partial charge in [0.05, 0.1) is 5.56 Å². The maximum atomic E-state index is 12.7. The molecule has 0 aliphatic rings. The zero-order chi connectivity index (χ0) is 22.5. The monoisotopic (exact) mass is 431 g/mol. The van der Waals surface area contributed by atoms with E-state index in [-0.39, 0.29) is 18.3 Å². The van der Waals surface area contributed by atoms with Gasteiger partial charge in [0.15, 0.2) is 5.82 Å². The Labute approximate surface area is 183 Å². The number of nitrogens with two attached hydrogens (primary N) is 1. The molecule has 0 aliphatic heterocycles. The van der Waals surface area contributed by atoms with Crippen molar-refractivity contribution in [2.24, 2.45) is 0 Å². The van der Waals surface area contributed by atoms with Crippen LogP contribution in [0.3, 0.4) is 0 Å². The molecule has 3 amide bonds. The molecule has 4 rings (SSSR count). The first-order valence-corrected chi connectivity index (χ1v) is 9.80. The number of hydrogen-bond donors (Lipinski definition) is 5. The van der Waals surface area contributed by atoms with E-state index < -0.39 is 6.03 Å². The number of carbonyl (C=O) groups is 2. The van der Waals surface area contributed by atoms with Gasteiger partial charge in [-0.25, -0.2) is 14.3 Å². The zero-order valence-corrected chi connectivity index (χ0v) is 16.9. The lowest BCUT2D eigenvalue weighted by Gasteiger charge is -2.10. The number of amides is 3. The molecular weight excluding hydrogens is 410 g/mol. The lowest BCUT2D eigenvalue weighted by atomic mass is 10.1. The SMILES string of the molecule is Nc1ncnn2ccc(C(=O)Nc3ccc(NC(=O)Nc4cccc(CCO)c4)cc3)c12. The highest BCUT2D eigenvalue weighted by molar-refractivity contribution is 6.10. The summed E-state index contributed by atoms with van der Waals surface area (Å²) in [5, 5.41) is 21.3. The normalized spacial score (nSPS) is 10.7. The summed E-state index contributed by atoms with van der Waals surface area (Å²) >= 11 is 0. The minimum Gasteiger partial charge on any atom is -0.396 e. The van der Waals surface area contributed by atoms with E-state index in [1.54, 1.807) is 48.7 Å². The van der Waals surface area contributed by atoms with Crippen molar-refractivity contribution in [1.82, 2.24) is 14.6 Å². The van der Waals surface area contributed by atoms with Crippen LogP contribution in [0.5, 0.6) is 0 Å². The molecule has 162 valence electrons. The van der Waals surface area contributed by atoms with Gasteiger partial charge in [0.2, 0.25) is 0 Å². The molecule has 2 heterocycles. The van der Waals surface area contributed by atoms with E-state index in [0.29, 0.717) is 34.6 Å². The minimum atomic E-state index is -0.404. The van der Waals surface area contributed by atoms with Gasteiger partial charge in [-0.1, -0.05) is 12.1 Å². The van der Waals surface area contributed by atoms with E-state index in [1.165, 1.54) is 10.8 Å². The number of nitrogens with zero attached hydrogens (tertiary/aromatic N) is 3. The number of benzene rings is 2. The van der Waals surface area contributed by atoms with Crippen LogP contribution >= 0.6 is 0 Å². The second-order valence-corrected chi connectivity index (χ2v) is 6.95. The van der Waals surface area contributed by atoms with Gasteiger partial charge in [-0.3, -0.25) is 4.79 Å². The Kier molecular flexibility index (Phi) is 5.95. The van der Waals surface area contributed by atoms with Crippen LogP contribution in [0.1, 0.15) is 15.9 Å². The number of rotatable bonds is 6. The van der Waals surface area contributed by atoms with Gasteiger partial charge in [-0.2, -0.15) is 5.10 Å². The van der Waals surface area contributed by atoms with Gasteiger partial charge in [0.25, 0.3) is 5.91 Å². The van der Waals surface area contributed by atoms with E-state index in [4.69, 9.17) is 10.8 Å². The zero-order valence-electron chi connectivity index (χ0n) is 16.9. The standard InChI is InChI=1S/C22H21N7O3/c23-20-19-18(8-10-29(19)25-13-24-20)21(31)26-15-4-6-16(7-5-15)27-22(32)28-17-3-1-2-14(12-17)9-11-30/h1-8,10,12-13,30H,9,11H2,(H,26,31)(H2,23,24,25)(H2,27,28,32). The Hall–Kier alpha value is -4.44. The second kappa shape index (κ2) is 9.14. The van der Waals surface area contributed by atoms with Gasteiger partial charge in [-0.15, -0.1) is 0 Å². The number of aromatic nitrogens is 3. The predicted octanol–water partition coefficient (Wildman–Crippen LogP) is 2.74. The van der Waals surface area contributed by atoms with Crippen molar-refractivity contribution in [1.29, 1.82) is 0 Å². The third kappa shape index (κ3) is 4.65. The molecule has 32 heavy (non-hydrogen) atoms. The highest BCUT2D eigenvalue weighted by atomic mass is 16.3. The molecule has 0 unspecified atom stereocenters. The smallest absolute Gasteiger partial charge is 0.323 e. The molecule has 0 bridgehead atoms. The fourth-order valence-corrected chi connectivity index (χ4v) is 3.22. The van der Waals surface area contributed by atoms with Crippen molar-refractivity contribution in [3.63, 3.8) is 0 Å². The minimum absolute atomic E-state index is 0.0423. The second-order valence-electron chi connectivity index (χ2n) is 6.95. The molecule has 0 aliphatic carbocycles. The largest absolute Gasteiger partial charge is 0.396 e. The molecular formula is C22H21N7O3. The Morgan fingerprint density at radius 2 is 1.69 bits per heavy atom. The Morgan fingerprint density at radius 1 is 0.969 bits per heavy atom. The van der Waals surface area contributed by atoms with Crippen LogP contribution in [0.2, 0.25) is 0 Å². The summed E-state index contributed by atoms with van der Waals surface area (Å²) < 4.78 is 1.49. The first kappa shape index (κ1) is 20.8. The number of urea groups is 1.